The van der Waals surface area contributed by atoms with Gasteiger partial charge in [0, 0.05) is 32.6 Å². The number of nitrogens with one attached hydrogen (secondary N) is 2. The minimum Gasteiger partial charge on any atom is -0.357 e. The Morgan fingerprint density at radius 1 is 1.11 bits per heavy atom. The second-order valence-corrected chi connectivity index (χ2v) is 7.67. The Labute approximate surface area is 169 Å². The van der Waals surface area contributed by atoms with E-state index in [1.54, 1.807) is 5.57 Å². The van der Waals surface area contributed by atoms with Crippen molar-refractivity contribution in [2.75, 3.05) is 19.6 Å². The topological polar surface area (TPSA) is 56.7 Å². The van der Waals surface area contributed by atoms with Gasteiger partial charge in [0.25, 0.3) is 0 Å². The number of carbonyl (C=O) groups excluding carboxylic acids is 1. The summed E-state index contributed by atoms with van der Waals surface area (Å²) in [5.41, 5.74) is 3.97. The Hall–Kier alpha value is -2.30. The maximum absolute atomic E-state index is 12.0. The van der Waals surface area contributed by atoms with Crippen LogP contribution in [-0.4, -0.2) is 36.4 Å². The highest BCUT2D eigenvalue weighted by Gasteiger charge is 2.20. The van der Waals surface area contributed by atoms with E-state index in [4.69, 9.17) is 4.99 Å². The van der Waals surface area contributed by atoms with E-state index in [1.165, 1.54) is 36.8 Å². The molecule has 0 spiro atoms. The van der Waals surface area contributed by atoms with Crippen LogP contribution in [0.5, 0.6) is 0 Å². The summed E-state index contributed by atoms with van der Waals surface area (Å²) in [6.45, 7) is 6.04. The molecule has 5 nitrogen and oxygen atoms in total. The predicted molar refractivity (Wildman–Crippen MR) is 115 cm³/mol. The fourth-order valence-electron chi connectivity index (χ4n) is 3.92. The summed E-state index contributed by atoms with van der Waals surface area (Å²) in [7, 11) is 0. The van der Waals surface area contributed by atoms with Crippen LogP contribution in [0.4, 0.5) is 0 Å². The first-order valence-corrected chi connectivity index (χ1v) is 10.8. The number of allylic oxidation sites excluding steroid dienone is 1. The number of benzene rings is 1. The maximum atomic E-state index is 12.0. The quantitative estimate of drug-likeness (QED) is 0.409. The van der Waals surface area contributed by atoms with Crippen molar-refractivity contribution < 1.29 is 4.79 Å². The van der Waals surface area contributed by atoms with Gasteiger partial charge in [-0.3, -0.25) is 4.79 Å². The Kier molecular flexibility index (Phi) is 7.94. The van der Waals surface area contributed by atoms with Crippen molar-refractivity contribution in [1.82, 2.24) is 15.5 Å². The zero-order valence-electron chi connectivity index (χ0n) is 17.2. The van der Waals surface area contributed by atoms with E-state index in [-0.39, 0.29) is 5.91 Å². The van der Waals surface area contributed by atoms with Gasteiger partial charge < -0.3 is 15.5 Å². The molecule has 152 valence electrons. The Morgan fingerprint density at radius 2 is 1.96 bits per heavy atom. The number of aliphatic imine (C=N–C) groups is 1. The fourth-order valence-corrected chi connectivity index (χ4v) is 3.92. The SMILES string of the molecule is CCNC(=NCc1ccccc1CN1CCCC1=O)NCCC1=CCCCC1. The lowest BCUT2D eigenvalue weighted by Gasteiger charge is -2.18. The lowest BCUT2D eigenvalue weighted by molar-refractivity contribution is -0.128. The van der Waals surface area contributed by atoms with Crippen LogP contribution >= 0.6 is 0 Å². The van der Waals surface area contributed by atoms with Crippen LogP contribution in [0, 0.1) is 0 Å². The van der Waals surface area contributed by atoms with Crippen molar-refractivity contribution in [1.29, 1.82) is 0 Å². The molecule has 0 bridgehead atoms. The van der Waals surface area contributed by atoms with Gasteiger partial charge in [0.2, 0.25) is 5.91 Å². The van der Waals surface area contributed by atoms with E-state index < -0.39 is 0 Å². The minimum atomic E-state index is 0.269. The lowest BCUT2D eigenvalue weighted by Crippen LogP contribution is -2.38. The van der Waals surface area contributed by atoms with Gasteiger partial charge in [-0.1, -0.05) is 35.9 Å². The molecular weight excluding hydrogens is 348 g/mol. The molecule has 3 rings (SSSR count). The van der Waals surface area contributed by atoms with Crippen molar-refractivity contribution in [3.8, 4) is 0 Å². The second kappa shape index (κ2) is 10.9. The molecule has 1 heterocycles. The van der Waals surface area contributed by atoms with E-state index in [2.05, 4.69) is 41.8 Å². The highest BCUT2D eigenvalue weighted by molar-refractivity contribution is 5.80. The molecule has 1 aliphatic heterocycles. The molecule has 0 atom stereocenters. The average molecular weight is 383 g/mol. The molecule has 1 aromatic carbocycles. The number of nitrogens with zero attached hydrogens (tertiary/aromatic N) is 2. The van der Waals surface area contributed by atoms with Crippen molar-refractivity contribution in [3.63, 3.8) is 0 Å². The molecule has 2 N–H and O–H groups in total. The Morgan fingerprint density at radius 3 is 2.68 bits per heavy atom. The van der Waals surface area contributed by atoms with Gasteiger partial charge in [-0.15, -0.1) is 0 Å². The average Bonchev–Trinajstić information content (AvgIpc) is 3.12. The summed E-state index contributed by atoms with van der Waals surface area (Å²) in [5, 5.41) is 6.82. The van der Waals surface area contributed by atoms with Crippen LogP contribution in [0.25, 0.3) is 0 Å². The predicted octanol–water partition coefficient (Wildman–Crippen LogP) is 3.75. The van der Waals surface area contributed by atoms with Gasteiger partial charge in [-0.2, -0.15) is 0 Å². The Bertz CT molecular complexity index is 710. The van der Waals surface area contributed by atoms with E-state index in [0.29, 0.717) is 19.5 Å². The molecular formula is C23H34N4O. The van der Waals surface area contributed by atoms with Gasteiger partial charge in [0.05, 0.1) is 6.54 Å². The van der Waals surface area contributed by atoms with Gasteiger partial charge in [-0.05, 0) is 56.6 Å². The van der Waals surface area contributed by atoms with E-state index in [1.807, 2.05) is 11.0 Å². The van der Waals surface area contributed by atoms with Gasteiger partial charge >= 0.3 is 0 Å². The van der Waals surface area contributed by atoms with E-state index in [9.17, 15) is 4.79 Å². The molecule has 1 fully saturated rings. The molecule has 0 aromatic heterocycles. The largest absolute Gasteiger partial charge is 0.357 e. The van der Waals surface area contributed by atoms with Crippen LogP contribution < -0.4 is 10.6 Å². The molecule has 28 heavy (non-hydrogen) atoms. The fraction of sp³-hybridized carbons (Fsp3) is 0.565. The first-order valence-electron chi connectivity index (χ1n) is 10.8. The molecule has 0 radical (unpaired) electrons. The Balaban J connectivity index is 1.57. The first kappa shape index (κ1) is 20.4. The molecule has 0 saturated carbocycles. The second-order valence-electron chi connectivity index (χ2n) is 7.67. The highest BCUT2D eigenvalue weighted by atomic mass is 16.2. The minimum absolute atomic E-state index is 0.269. The van der Waals surface area contributed by atoms with Crippen LogP contribution in [0.15, 0.2) is 40.9 Å². The molecule has 0 unspecified atom stereocenters. The third-order valence-corrected chi connectivity index (χ3v) is 5.53. The standard InChI is InChI=1S/C23H34N4O/c1-2-24-23(25-15-14-19-9-4-3-5-10-19)26-17-20-11-6-7-12-21(20)18-27-16-8-13-22(27)28/h6-7,9,11-12H,2-5,8,10,13-18H2,1H3,(H2,24,25,26). The first-order chi connectivity index (χ1) is 13.8. The van der Waals surface area contributed by atoms with E-state index >= 15 is 0 Å². The normalized spacial score (nSPS) is 17.6. The molecule has 1 aromatic rings. The van der Waals surface area contributed by atoms with Crippen molar-refractivity contribution in [2.24, 2.45) is 4.99 Å². The lowest BCUT2D eigenvalue weighted by atomic mass is 9.97. The van der Waals surface area contributed by atoms with Crippen LogP contribution in [0.1, 0.15) is 63.0 Å². The molecule has 2 aliphatic rings. The highest BCUT2D eigenvalue weighted by Crippen LogP contribution is 2.20. The summed E-state index contributed by atoms with van der Waals surface area (Å²) in [6, 6.07) is 8.34. The summed E-state index contributed by atoms with van der Waals surface area (Å²) in [5.74, 6) is 1.14. The van der Waals surface area contributed by atoms with E-state index in [0.717, 1.165) is 38.4 Å². The van der Waals surface area contributed by atoms with Crippen LogP contribution in [-0.2, 0) is 17.9 Å². The molecule has 1 aliphatic carbocycles. The monoisotopic (exact) mass is 382 g/mol. The number of rotatable bonds is 8. The van der Waals surface area contributed by atoms with Crippen molar-refractivity contribution in [2.45, 2.75) is 65.0 Å². The van der Waals surface area contributed by atoms with Gasteiger partial charge in [-0.25, -0.2) is 4.99 Å². The molecule has 1 amide bonds. The summed E-state index contributed by atoms with van der Waals surface area (Å²) in [6.07, 6.45) is 10.3. The third kappa shape index (κ3) is 6.11. The molecule has 5 heteroatoms. The maximum Gasteiger partial charge on any atom is 0.222 e. The van der Waals surface area contributed by atoms with Crippen molar-refractivity contribution in [3.05, 3.63) is 47.0 Å². The van der Waals surface area contributed by atoms with Gasteiger partial charge in [0.15, 0.2) is 5.96 Å². The van der Waals surface area contributed by atoms with Crippen LogP contribution in [0.2, 0.25) is 0 Å². The summed E-state index contributed by atoms with van der Waals surface area (Å²) in [4.78, 5) is 18.7. The smallest absolute Gasteiger partial charge is 0.222 e. The number of likely N-dealkylation sites (tertiary alicyclic amines) is 1. The number of hydrogen-bond acceptors (Lipinski definition) is 2. The number of hydrogen-bond donors (Lipinski definition) is 2. The summed E-state index contributed by atoms with van der Waals surface area (Å²) < 4.78 is 0. The number of carbonyl (C=O) groups is 1. The van der Waals surface area contributed by atoms with Gasteiger partial charge in [0.1, 0.15) is 0 Å². The van der Waals surface area contributed by atoms with Crippen molar-refractivity contribution >= 4 is 11.9 Å². The zero-order valence-corrected chi connectivity index (χ0v) is 17.2. The number of amides is 1. The summed E-state index contributed by atoms with van der Waals surface area (Å²) >= 11 is 0. The molecule has 1 saturated heterocycles. The number of guanidine groups is 1. The third-order valence-electron chi connectivity index (χ3n) is 5.53. The van der Waals surface area contributed by atoms with Crippen LogP contribution in [0.3, 0.4) is 0 Å². The zero-order chi connectivity index (χ0) is 19.6.